The quantitative estimate of drug-likeness (QED) is 0.831. The van der Waals surface area contributed by atoms with Crippen molar-refractivity contribution in [1.82, 2.24) is 15.2 Å². The first-order valence-electron chi connectivity index (χ1n) is 8.50. The molecule has 1 saturated heterocycles. The molecule has 2 atom stereocenters. The lowest BCUT2D eigenvalue weighted by atomic mass is 10.0. The third-order valence-corrected chi connectivity index (χ3v) is 4.58. The highest BCUT2D eigenvalue weighted by atomic mass is 35.5. The van der Waals surface area contributed by atoms with Crippen LogP contribution in [0.3, 0.4) is 0 Å². The predicted molar refractivity (Wildman–Crippen MR) is 100 cm³/mol. The normalized spacial score (nSPS) is 19.4. The van der Waals surface area contributed by atoms with Crippen LogP contribution in [-0.2, 0) is 0 Å². The number of hydrogen-bond donors (Lipinski definition) is 2. The van der Waals surface area contributed by atoms with Crippen LogP contribution in [0, 0.1) is 0 Å². The molecule has 0 spiro atoms. The number of carbonyl (C=O) groups excluding carboxylic acids is 2. The Balaban J connectivity index is 1.72. The van der Waals surface area contributed by atoms with Gasteiger partial charge in [0.15, 0.2) is 0 Å². The van der Waals surface area contributed by atoms with Gasteiger partial charge in [0.25, 0.3) is 11.8 Å². The molecule has 8 heteroatoms. The van der Waals surface area contributed by atoms with Gasteiger partial charge in [0.1, 0.15) is 11.4 Å². The number of methoxy groups -OCH3 is 1. The van der Waals surface area contributed by atoms with Gasteiger partial charge in [0.05, 0.1) is 18.8 Å². The van der Waals surface area contributed by atoms with Gasteiger partial charge in [-0.05, 0) is 36.8 Å². The van der Waals surface area contributed by atoms with E-state index in [1.807, 2.05) is 0 Å². The van der Waals surface area contributed by atoms with E-state index in [4.69, 9.17) is 16.3 Å². The molecule has 0 aliphatic carbocycles. The second kappa shape index (κ2) is 8.37. The molecule has 7 nitrogen and oxygen atoms in total. The van der Waals surface area contributed by atoms with Crippen LogP contribution in [0.5, 0.6) is 5.75 Å². The van der Waals surface area contributed by atoms with Crippen molar-refractivity contribution in [3.63, 3.8) is 0 Å². The molecule has 1 fully saturated rings. The number of likely N-dealkylation sites (tertiary alicyclic amines) is 1. The van der Waals surface area contributed by atoms with Crippen molar-refractivity contribution in [2.24, 2.45) is 0 Å². The molecule has 142 valence electrons. The summed E-state index contributed by atoms with van der Waals surface area (Å²) in [5.74, 6) is -0.262. The SMILES string of the molecule is COc1ccc(Cl)cc1C(=O)N[C@H]1C[C@@H](O)CN(C(=O)c2ccccn2)C1. The average Bonchev–Trinajstić information content (AvgIpc) is 2.67. The molecule has 27 heavy (non-hydrogen) atoms. The Hall–Kier alpha value is -2.64. The van der Waals surface area contributed by atoms with E-state index in [0.29, 0.717) is 28.5 Å². The van der Waals surface area contributed by atoms with Crippen LogP contribution in [0.4, 0.5) is 0 Å². The maximum Gasteiger partial charge on any atom is 0.272 e. The Bertz CT molecular complexity index is 831. The first-order chi connectivity index (χ1) is 13.0. The zero-order valence-electron chi connectivity index (χ0n) is 14.8. The number of pyridine rings is 1. The number of ether oxygens (including phenoxy) is 1. The van der Waals surface area contributed by atoms with Crippen LogP contribution in [0.2, 0.25) is 5.02 Å². The molecule has 1 aromatic carbocycles. The van der Waals surface area contributed by atoms with Crippen LogP contribution in [0.15, 0.2) is 42.6 Å². The smallest absolute Gasteiger partial charge is 0.272 e. The minimum atomic E-state index is -0.738. The van der Waals surface area contributed by atoms with E-state index in [1.54, 1.807) is 30.3 Å². The lowest BCUT2D eigenvalue weighted by Gasteiger charge is -2.36. The van der Waals surface area contributed by atoms with E-state index < -0.39 is 12.1 Å². The number of amides is 2. The molecule has 1 aliphatic heterocycles. The molecule has 2 aromatic rings. The van der Waals surface area contributed by atoms with Crippen LogP contribution in [0.1, 0.15) is 27.3 Å². The Morgan fingerprint density at radius 1 is 1.30 bits per heavy atom. The lowest BCUT2D eigenvalue weighted by molar-refractivity contribution is 0.0367. The highest BCUT2D eigenvalue weighted by Crippen LogP contribution is 2.23. The van der Waals surface area contributed by atoms with E-state index in [0.717, 1.165) is 0 Å². The number of nitrogens with zero attached hydrogens (tertiary/aromatic N) is 2. The number of aliphatic hydroxyl groups is 1. The summed E-state index contributed by atoms with van der Waals surface area (Å²) in [6.45, 7) is 0.476. The summed E-state index contributed by atoms with van der Waals surface area (Å²) < 4.78 is 5.21. The first-order valence-corrected chi connectivity index (χ1v) is 8.88. The largest absolute Gasteiger partial charge is 0.496 e. The number of aliphatic hydroxyl groups excluding tert-OH is 1. The molecular formula is C19H20ClN3O4. The molecule has 2 amide bonds. The molecule has 1 aliphatic rings. The number of hydrogen-bond acceptors (Lipinski definition) is 5. The number of halogens is 1. The maximum absolute atomic E-state index is 12.7. The molecule has 2 N–H and O–H groups in total. The third-order valence-electron chi connectivity index (χ3n) is 4.34. The topological polar surface area (TPSA) is 91.8 Å². The van der Waals surface area contributed by atoms with Gasteiger partial charge in [-0.3, -0.25) is 14.6 Å². The molecule has 0 radical (unpaired) electrons. The van der Waals surface area contributed by atoms with Gasteiger partial charge in [-0.1, -0.05) is 17.7 Å². The fourth-order valence-corrected chi connectivity index (χ4v) is 3.29. The number of carbonyl (C=O) groups is 2. The zero-order chi connectivity index (χ0) is 19.4. The van der Waals surface area contributed by atoms with Crippen molar-refractivity contribution in [1.29, 1.82) is 0 Å². The first kappa shape index (κ1) is 19.1. The van der Waals surface area contributed by atoms with Gasteiger partial charge in [-0.15, -0.1) is 0 Å². The fraction of sp³-hybridized carbons (Fsp3) is 0.316. The van der Waals surface area contributed by atoms with Gasteiger partial charge < -0.3 is 20.1 Å². The van der Waals surface area contributed by atoms with Crippen LogP contribution < -0.4 is 10.1 Å². The van der Waals surface area contributed by atoms with E-state index in [-0.39, 0.29) is 24.9 Å². The summed E-state index contributed by atoms with van der Waals surface area (Å²) in [4.78, 5) is 30.8. The maximum atomic E-state index is 12.7. The monoisotopic (exact) mass is 389 g/mol. The number of β-amino-alcohol motifs (C(OH)–C–C–N with tert-alkyl or cyclic N) is 1. The van der Waals surface area contributed by atoms with Crippen LogP contribution >= 0.6 is 11.6 Å². The zero-order valence-corrected chi connectivity index (χ0v) is 15.5. The molecule has 3 rings (SSSR count). The van der Waals surface area contributed by atoms with Crippen molar-refractivity contribution in [3.05, 3.63) is 58.9 Å². The minimum absolute atomic E-state index is 0.197. The average molecular weight is 390 g/mol. The van der Waals surface area contributed by atoms with E-state index in [9.17, 15) is 14.7 Å². The summed E-state index contributed by atoms with van der Waals surface area (Å²) >= 11 is 5.98. The predicted octanol–water partition coefficient (Wildman–Crippen LogP) is 1.75. The van der Waals surface area contributed by atoms with Gasteiger partial charge in [0, 0.05) is 30.4 Å². The van der Waals surface area contributed by atoms with Gasteiger partial charge >= 0.3 is 0 Å². The number of aromatic nitrogens is 1. The van der Waals surface area contributed by atoms with Crippen LogP contribution in [0.25, 0.3) is 0 Å². The molecule has 0 bridgehead atoms. The third kappa shape index (κ3) is 4.56. The fourth-order valence-electron chi connectivity index (χ4n) is 3.11. The van der Waals surface area contributed by atoms with Crippen molar-refractivity contribution >= 4 is 23.4 Å². The molecule has 0 unspecified atom stereocenters. The number of benzene rings is 1. The van der Waals surface area contributed by atoms with Crippen molar-refractivity contribution < 1.29 is 19.4 Å². The molecule has 2 heterocycles. The molecular weight excluding hydrogens is 370 g/mol. The highest BCUT2D eigenvalue weighted by molar-refractivity contribution is 6.31. The van der Waals surface area contributed by atoms with E-state index >= 15 is 0 Å². The summed E-state index contributed by atoms with van der Waals surface area (Å²) in [7, 11) is 1.47. The minimum Gasteiger partial charge on any atom is -0.496 e. The second-order valence-corrected chi connectivity index (χ2v) is 6.77. The standard InChI is InChI=1S/C19H20ClN3O4/c1-27-17-6-5-12(20)8-15(17)18(25)22-13-9-14(24)11-23(10-13)19(26)16-4-2-3-7-21-16/h2-8,13-14,24H,9-11H2,1H3,(H,22,25)/t13-,14+/m0/s1. The van der Waals surface area contributed by atoms with Crippen molar-refractivity contribution in [2.75, 3.05) is 20.2 Å². The highest BCUT2D eigenvalue weighted by Gasteiger charge is 2.31. The number of piperidine rings is 1. The Morgan fingerprint density at radius 3 is 2.81 bits per heavy atom. The second-order valence-electron chi connectivity index (χ2n) is 6.33. The molecule has 1 aromatic heterocycles. The van der Waals surface area contributed by atoms with Gasteiger partial charge in [0.2, 0.25) is 0 Å². The van der Waals surface area contributed by atoms with Crippen molar-refractivity contribution in [2.45, 2.75) is 18.6 Å². The Labute approximate surface area is 161 Å². The number of nitrogens with one attached hydrogen (secondary N) is 1. The van der Waals surface area contributed by atoms with E-state index in [1.165, 1.54) is 24.3 Å². The lowest BCUT2D eigenvalue weighted by Crippen LogP contribution is -2.54. The Morgan fingerprint density at radius 2 is 2.11 bits per heavy atom. The summed E-state index contributed by atoms with van der Waals surface area (Å²) in [6.07, 6.45) is 1.15. The van der Waals surface area contributed by atoms with Gasteiger partial charge in [-0.25, -0.2) is 0 Å². The molecule has 0 saturated carbocycles. The Kier molecular flexibility index (Phi) is 5.93. The summed E-state index contributed by atoms with van der Waals surface area (Å²) in [6, 6.07) is 9.43. The summed E-state index contributed by atoms with van der Waals surface area (Å²) in [5, 5.41) is 13.4. The number of rotatable bonds is 4. The van der Waals surface area contributed by atoms with Crippen molar-refractivity contribution in [3.8, 4) is 5.75 Å². The van der Waals surface area contributed by atoms with E-state index in [2.05, 4.69) is 10.3 Å². The summed E-state index contributed by atoms with van der Waals surface area (Å²) in [5.41, 5.74) is 0.598. The van der Waals surface area contributed by atoms with Gasteiger partial charge in [-0.2, -0.15) is 0 Å². The van der Waals surface area contributed by atoms with Crippen LogP contribution in [-0.4, -0.2) is 59.1 Å².